The van der Waals surface area contributed by atoms with E-state index >= 15 is 0 Å². The maximum absolute atomic E-state index is 7.73. The van der Waals surface area contributed by atoms with Crippen LogP contribution >= 0.6 is 0 Å². The molecule has 0 aliphatic heterocycles. The fraction of sp³-hybridized carbons (Fsp3) is 0.600. The third-order valence-electron chi connectivity index (χ3n) is 0.946. The van der Waals surface area contributed by atoms with Crippen LogP contribution in [0.4, 0.5) is 0 Å². The number of hydrogen-bond donors (Lipinski definition) is 1. The zero-order valence-corrected chi connectivity index (χ0v) is 9.83. The Morgan fingerprint density at radius 3 is 1.86 bits per heavy atom. The van der Waals surface area contributed by atoms with E-state index in [2.05, 4.69) is 10.3 Å². The Bertz CT molecular complexity index is 234. The molecule has 0 fully saturated rings. The molecule has 0 saturated heterocycles. The van der Waals surface area contributed by atoms with E-state index in [4.69, 9.17) is 9.73 Å². The van der Waals surface area contributed by atoms with Gasteiger partial charge in [0.15, 0.2) is 0 Å². The Labute approximate surface area is 85.6 Å². The Hall–Kier alpha value is -1.32. The number of aryl methyl sites for hydroxylation is 2. The first kappa shape index (κ1) is 15.2. The SMILES string of the molecule is CC.CC(C)=NO.Cc1cc(C)on1. The van der Waals surface area contributed by atoms with Gasteiger partial charge in [0.1, 0.15) is 5.76 Å². The summed E-state index contributed by atoms with van der Waals surface area (Å²) < 4.78 is 4.71. The van der Waals surface area contributed by atoms with Crippen LogP contribution in [-0.4, -0.2) is 16.1 Å². The first-order chi connectivity index (χ1) is 6.56. The van der Waals surface area contributed by atoms with Crippen molar-refractivity contribution >= 4 is 5.71 Å². The smallest absolute Gasteiger partial charge is 0.133 e. The fourth-order valence-corrected chi connectivity index (χ4v) is 0.491. The molecule has 0 aliphatic rings. The van der Waals surface area contributed by atoms with Gasteiger partial charge in [0.05, 0.1) is 11.4 Å². The maximum atomic E-state index is 7.73. The molecule has 14 heavy (non-hydrogen) atoms. The largest absolute Gasteiger partial charge is 0.411 e. The zero-order valence-electron chi connectivity index (χ0n) is 9.83. The molecule has 1 aromatic rings. The monoisotopic (exact) mass is 200 g/mol. The second-order valence-corrected chi connectivity index (χ2v) is 2.63. The minimum Gasteiger partial charge on any atom is -0.411 e. The quantitative estimate of drug-likeness (QED) is 0.397. The molecule has 0 aliphatic carbocycles. The average molecular weight is 200 g/mol. The Morgan fingerprint density at radius 2 is 1.79 bits per heavy atom. The Kier molecular flexibility index (Phi) is 10.6. The lowest BCUT2D eigenvalue weighted by molar-refractivity contribution is 0.318. The van der Waals surface area contributed by atoms with E-state index in [1.54, 1.807) is 13.8 Å². The maximum Gasteiger partial charge on any atom is 0.133 e. The van der Waals surface area contributed by atoms with Gasteiger partial charge in [0.2, 0.25) is 0 Å². The van der Waals surface area contributed by atoms with Crippen LogP contribution < -0.4 is 0 Å². The lowest BCUT2D eigenvalue weighted by atomic mass is 10.4. The molecule has 1 N–H and O–H groups in total. The topological polar surface area (TPSA) is 58.6 Å². The summed E-state index contributed by atoms with van der Waals surface area (Å²) in [4.78, 5) is 0. The summed E-state index contributed by atoms with van der Waals surface area (Å²) in [5.41, 5.74) is 1.63. The van der Waals surface area contributed by atoms with Crippen LogP contribution in [0.15, 0.2) is 15.7 Å². The third kappa shape index (κ3) is 10.7. The number of aromatic nitrogens is 1. The van der Waals surface area contributed by atoms with Crippen molar-refractivity contribution in [2.45, 2.75) is 41.5 Å². The molecule has 0 unspecified atom stereocenters. The predicted octanol–water partition coefficient (Wildman–Crippen LogP) is 3.17. The summed E-state index contributed by atoms with van der Waals surface area (Å²) >= 11 is 0. The van der Waals surface area contributed by atoms with Crippen molar-refractivity contribution < 1.29 is 9.73 Å². The first-order valence-corrected chi connectivity index (χ1v) is 4.61. The van der Waals surface area contributed by atoms with Crippen LogP contribution in [0, 0.1) is 13.8 Å². The van der Waals surface area contributed by atoms with E-state index in [1.165, 1.54) is 0 Å². The van der Waals surface area contributed by atoms with Crippen LogP contribution in [-0.2, 0) is 0 Å². The van der Waals surface area contributed by atoms with Gasteiger partial charge in [-0.15, -0.1) is 0 Å². The van der Waals surface area contributed by atoms with Crippen molar-refractivity contribution in [1.29, 1.82) is 0 Å². The van der Waals surface area contributed by atoms with Crippen molar-refractivity contribution in [2.24, 2.45) is 5.16 Å². The summed E-state index contributed by atoms with van der Waals surface area (Å²) in [7, 11) is 0. The van der Waals surface area contributed by atoms with Gasteiger partial charge in [-0.1, -0.05) is 24.2 Å². The molecular weight excluding hydrogens is 180 g/mol. The van der Waals surface area contributed by atoms with E-state index in [1.807, 2.05) is 33.8 Å². The number of hydrogen-bond acceptors (Lipinski definition) is 4. The zero-order chi connectivity index (χ0) is 11.6. The van der Waals surface area contributed by atoms with Crippen molar-refractivity contribution in [3.05, 3.63) is 17.5 Å². The Morgan fingerprint density at radius 1 is 1.36 bits per heavy atom. The summed E-state index contributed by atoms with van der Waals surface area (Å²) in [5.74, 6) is 0.873. The van der Waals surface area contributed by atoms with Gasteiger partial charge >= 0.3 is 0 Å². The van der Waals surface area contributed by atoms with Gasteiger partial charge in [0, 0.05) is 6.07 Å². The summed E-state index contributed by atoms with van der Waals surface area (Å²) in [6.45, 7) is 11.2. The second kappa shape index (κ2) is 9.77. The molecular formula is C10H20N2O2. The molecule has 4 heteroatoms. The standard InChI is InChI=1S/C5H7NO.C3H7NO.C2H6/c1-4-3-5(2)7-6-4;1-3(2)4-5;1-2/h3H,1-2H3;5H,1-2H3;1-2H3. The predicted molar refractivity (Wildman–Crippen MR) is 57.9 cm³/mol. The van der Waals surface area contributed by atoms with Crippen molar-refractivity contribution in [3.8, 4) is 0 Å². The van der Waals surface area contributed by atoms with Gasteiger partial charge in [-0.2, -0.15) is 0 Å². The van der Waals surface area contributed by atoms with Crippen LogP contribution in [0.25, 0.3) is 0 Å². The number of nitrogens with zero attached hydrogens (tertiary/aromatic N) is 2. The third-order valence-corrected chi connectivity index (χ3v) is 0.946. The summed E-state index contributed by atoms with van der Waals surface area (Å²) in [6, 6.07) is 1.89. The fourth-order valence-electron chi connectivity index (χ4n) is 0.491. The minimum absolute atomic E-state index is 0.685. The van der Waals surface area contributed by atoms with Crippen molar-refractivity contribution in [2.75, 3.05) is 0 Å². The normalized spacial score (nSPS) is 7.57. The highest BCUT2D eigenvalue weighted by Crippen LogP contribution is 1.96. The molecule has 1 rings (SSSR count). The molecule has 0 atom stereocenters. The molecule has 1 aromatic heterocycles. The molecule has 0 radical (unpaired) electrons. The van der Waals surface area contributed by atoms with Crippen LogP contribution in [0.1, 0.15) is 39.1 Å². The molecule has 82 valence electrons. The highest BCUT2D eigenvalue weighted by atomic mass is 16.5. The molecule has 4 nitrogen and oxygen atoms in total. The highest BCUT2D eigenvalue weighted by Gasteiger charge is 1.88. The van der Waals surface area contributed by atoms with Gasteiger partial charge in [-0.05, 0) is 27.7 Å². The molecule has 0 aromatic carbocycles. The molecule has 0 amide bonds. The van der Waals surface area contributed by atoms with E-state index < -0.39 is 0 Å². The van der Waals surface area contributed by atoms with Crippen molar-refractivity contribution in [3.63, 3.8) is 0 Å². The van der Waals surface area contributed by atoms with Crippen LogP contribution in [0.3, 0.4) is 0 Å². The number of oxime groups is 1. The van der Waals surface area contributed by atoms with Crippen molar-refractivity contribution in [1.82, 2.24) is 5.16 Å². The highest BCUT2D eigenvalue weighted by molar-refractivity contribution is 5.78. The minimum atomic E-state index is 0.685. The van der Waals surface area contributed by atoms with E-state index in [0.29, 0.717) is 5.71 Å². The van der Waals surface area contributed by atoms with Gasteiger partial charge in [0.25, 0.3) is 0 Å². The van der Waals surface area contributed by atoms with Crippen LogP contribution in [0.2, 0.25) is 0 Å². The first-order valence-electron chi connectivity index (χ1n) is 4.61. The van der Waals surface area contributed by atoms with E-state index in [-0.39, 0.29) is 0 Å². The van der Waals surface area contributed by atoms with Gasteiger partial charge in [-0.25, -0.2) is 0 Å². The molecule has 0 spiro atoms. The molecule has 0 saturated carbocycles. The van der Waals surface area contributed by atoms with Gasteiger partial charge in [-0.3, -0.25) is 0 Å². The van der Waals surface area contributed by atoms with Crippen LogP contribution in [0.5, 0.6) is 0 Å². The number of rotatable bonds is 0. The average Bonchev–Trinajstić information content (AvgIpc) is 2.54. The van der Waals surface area contributed by atoms with Gasteiger partial charge < -0.3 is 9.73 Å². The molecule has 1 heterocycles. The lowest BCUT2D eigenvalue weighted by Crippen LogP contribution is -1.74. The van der Waals surface area contributed by atoms with E-state index in [0.717, 1.165) is 11.5 Å². The Balaban J connectivity index is 0. The lowest BCUT2D eigenvalue weighted by Gasteiger charge is -1.72. The summed E-state index contributed by atoms with van der Waals surface area (Å²) in [5, 5.41) is 14.2. The second-order valence-electron chi connectivity index (χ2n) is 2.63. The van der Waals surface area contributed by atoms with E-state index in [9.17, 15) is 0 Å². The molecule has 0 bridgehead atoms. The summed E-state index contributed by atoms with van der Waals surface area (Å²) in [6.07, 6.45) is 0.